The molecule has 1 heterocycles. The average Bonchev–Trinajstić information content (AvgIpc) is 3.10. The molecule has 1 aliphatic carbocycles. The molecular weight excluding hydrogens is 262 g/mol. The third-order valence-corrected chi connectivity index (χ3v) is 5.07. The van der Waals surface area contributed by atoms with E-state index in [-0.39, 0.29) is 0 Å². The first-order valence-corrected chi connectivity index (χ1v) is 8.91. The summed E-state index contributed by atoms with van der Waals surface area (Å²) >= 11 is 3.67. The molecule has 0 saturated heterocycles. The van der Waals surface area contributed by atoms with Crippen molar-refractivity contribution < 1.29 is 0 Å². The third-order valence-electron chi connectivity index (χ3n) is 3.37. The van der Waals surface area contributed by atoms with Crippen molar-refractivity contribution in [2.45, 2.75) is 44.8 Å². The summed E-state index contributed by atoms with van der Waals surface area (Å²) < 4.78 is 0. The van der Waals surface area contributed by atoms with Gasteiger partial charge < -0.3 is 10.2 Å². The summed E-state index contributed by atoms with van der Waals surface area (Å²) in [6.45, 7) is 3.18. The lowest BCUT2D eigenvalue weighted by molar-refractivity contribution is 0.660. The Morgan fingerprint density at radius 3 is 3.00 bits per heavy atom. The molecule has 1 unspecified atom stereocenters. The van der Waals surface area contributed by atoms with E-state index in [1.807, 2.05) is 11.8 Å². The summed E-state index contributed by atoms with van der Waals surface area (Å²) in [7, 11) is 2.17. The Kier molecular flexibility index (Phi) is 5.33. The summed E-state index contributed by atoms with van der Waals surface area (Å²) in [6, 6.07) is 1.35. The van der Waals surface area contributed by atoms with Gasteiger partial charge in [0.05, 0.1) is 5.69 Å². The van der Waals surface area contributed by atoms with Crippen LogP contribution in [0.3, 0.4) is 0 Å². The van der Waals surface area contributed by atoms with Crippen LogP contribution < -0.4 is 10.2 Å². The van der Waals surface area contributed by atoms with Crippen LogP contribution in [0.2, 0.25) is 0 Å². The normalized spacial score (nSPS) is 16.8. The van der Waals surface area contributed by atoms with E-state index in [0.717, 1.165) is 17.7 Å². The summed E-state index contributed by atoms with van der Waals surface area (Å²) in [5.74, 6) is 1.17. The molecule has 0 bridgehead atoms. The second kappa shape index (κ2) is 6.78. The van der Waals surface area contributed by atoms with E-state index >= 15 is 0 Å². The monoisotopic (exact) mass is 285 g/mol. The van der Waals surface area contributed by atoms with E-state index < -0.39 is 0 Å². The van der Waals surface area contributed by atoms with Crippen LogP contribution in [0, 0.1) is 0 Å². The smallest absolute Gasteiger partial charge is 0.185 e. The van der Waals surface area contributed by atoms with Crippen molar-refractivity contribution in [3.05, 3.63) is 11.1 Å². The van der Waals surface area contributed by atoms with Gasteiger partial charge in [0.1, 0.15) is 0 Å². The molecular formula is C13H23N3S2. The van der Waals surface area contributed by atoms with Gasteiger partial charge in [-0.1, -0.05) is 6.92 Å². The lowest BCUT2D eigenvalue weighted by Crippen LogP contribution is -2.33. The summed E-state index contributed by atoms with van der Waals surface area (Å²) in [6.07, 6.45) is 6.01. The fraction of sp³-hybridized carbons (Fsp3) is 0.769. The minimum Gasteiger partial charge on any atom is -0.347 e. The van der Waals surface area contributed by atoms with Gasteiger partial charge in [-0.2, -0.15) is 11.8 Å². The highest BCUT2D eigenvalue weighted by Crippen LogP contribution is 2.24. The molecule has 0 aliphatic heterocycles. The van der Waals surface area contributed by atoms with Crippen molar-refractivity contribution in [1.82, 2.24) is 10.3 Å². The first-order valence-electron chi connectivity index (χ1n) is 6.64. The van der Waals surface area contributed by atoms with Gasteiger partial charge >= 0.3 is 0 Å². The molecule has 0 amide bonds. The molecule has 3 nitrogen and oxygen atoms in total. The fourth-order valence-electron chi connectivity index (χ4n) is 1.93. The number of anilines is 1. The van der Waals surface area contributed by atoms with Crippen LogP contribution in [0.4, 0.5) is 5.13 Å². The Bertz CT molecular complexity index is 363. The molecule has 1 aliphatic rings. The Balaban J connectivity index is 1.89. The molecule has 0 radical (unpaired) electrons. The number of hydrogen-bond acceptors (Lipinski definition) is 5. The van der Waals surface area contributed by atoms with Crippen LogP contribution in [-0.4, -0.2) is 36.1 Å². The second-order valence-electron chi connectivity index (χ2n) is 4.90. The van der Waals surface area contributed by atoms with Crippen LogP contribution in [0.1, 0.15) is 31.9 Å². The quantitative estimate of drug-likeness (QED) is 0.795. The van der Waals surface area contributed by atoms with Gasteiger partial charge in [-0.05, 0) is 25.5 Å². The molecule has 1 aromatic heterocycles. The largest absolute Gasteiger partial charge is 0.347 e. The lowest BCUT2D eigenvalue weighted by Gasteiger charge is -2.26. The highest BCUT2D eigenvalue weighted by atomic mass is 32.2. The molecule has 0 aromatic carbocycles. The number of rotatable bonds is 8. The Morgan fingerprint density at radius 1 is 1.61 bits per heavy atom. The lowest BCUT2D eigenvalue weighted by atomic mass is 10.2. The first-order chi connectivity index (χ1) is 8.74. The number of thioether (sulfide) groups is 1. The van der Waals surface area contributed by atoms with E-state index in [1.54, 1.807) is 11.3 Å². The van der Waals surface area contributed by atoms with Gasteiger partial charge in [-0.25, -0.2) is 4.98 Å². The molecule has 1 aromatic rings. The summed E-state index contributed by atoms with van der Waals surface area (Å²) in [4.78, 5) is 7.07. The Morgan fingerprint density at radius 2 is 2.39 bits per heavy atom. The van der Waals surface area contributed by atoms with Crippen LogP contribution in [0.5, 0.6) is 0 Å². The van der Waals surface area contributed by atoms with E-state index in [1.165, 1.54) is 30.7 Å². The van der Waals surface area contributed by atoms with E-state index in [9.17, 15) is 0 Å². The molecule has 5 heteroatoms. The summed E-state index contributed by atoms with van der Waals surface area (Å²) in [5.41, 5.74) is 1.19. The van der Waals surface area contributed by atoms with Gasteiger partial charge in [-0.3, -0.25) is 0 Å². The average molecular weight is 285 g/mol. The van der Waals surface area contributed by atoms with Gasteiger partial charge in [0.2, 0.25) is 0 Å². The molecule has 0 spiro atoms. The van der Waals surface area contributed by atoms with E-state index in [2.05, 4.69) is 35.8 Å². The predicted molar refractivity (Wildman–Crippen MR) is 82.8 cm³/mol. The van der Waals surface area contributed by atoms with Crippen molar-refractivity contribution in [1.29, 1.82) is 0 Å². The van der Waals surface area contributed by atoms with Crippen molar-refractivity contribution in [2.75, 3.05) is 24.0 Å². The third kappa shape index (κ3) is 3.87. The first kappa shape index (κ1) is 14.2. The number of hydrogen-bond donors (Lipinski definition) is 1. The standard InChI is InChI=1S/C13H23N3S2/c1-4-12(9-17-3)16(2)13-15-11(8-18-13)7-14-10-5-6-10/h8,10,12,14H,4-7,9H2,1-3H3. The number of aromatic nitrogens is 1. The van der Waals surface area contributed by atoms with Crippen molar-refractivity contribution in [3.8, 4) is 0 Å². The maximum Gasteiger partial charge on any atom is 0.185 e. The minimum atomic E-state index is 0.593. The molecule has 1 fully saturated rings. The van der Waals surface area contributed by atoms with E-state index in [4.69, 9.17) is 4.98 Å². The zero-order valence-corrected chi connectivity index (χ0v) is 13.1. The molecule has 18 heavy (non-hydrogen) atoms. The fourth-order valence-corrected chi connectivity index (χ4v) is 3.63. The Labute approximate surface area is 118 Å². The van der Waals surface area contributed by atoms with Crippen LogP contribution in [0.25, 0.3) is 0 Å². The number of nitrogens with zero attached hydrogens (tertiary/aromatic N) is 2. The molecule has 1 N–H and O–H groups in total. The Hall–Kier alpha value is -0.260. The van der Waals surface area contributed by atoms with Crippen molar-refractivity contribution in [2.24, 2.45) is 0 Å². The maximum atomic E-state index is 4.73. The van der Waals surface area contributed by atoms with Gasteiger partial charge in [0.15, 0.2) is 5.13 Å². The van der Waals surface area contributed by atoms with Gasteiger partial charge in [0.25, 0.3) is 0 Å². The van der Waals surface area contributed by atoms with Gasteiger partial charge in [-0.15, -0.1) is 11.3 Å². The zero-order chi connectivity index (χ0) is 13.0. The number of thiazole rings is 1. The molecule has 1 saturated carbocycles. The topological polar surface area (TPSA) is 28.2 Å². The van der Waals surface area contributed by atoms with Crippen LogP contribution >= 0.6 is 23.1 Å². The van der Waals surface area contributed by atoms with E-state index in [0.29, 0.717) is 6.04 Å². The van der Waals surface area contributed by atoms with Crippen LogP contribution in [0.15, 0.2) is 5.38 Å². The summed E-state index contributed by atoms with van der Waals surface area (Å²) in [5, 5.41) is 6.86. The molecule has 1 atom stereocenters. The van der Waals surface area contributed by atoms with Gasteiger partial charge in [0, 0.05) is 36.8 Å². The maximum absolute atomic E-state index is 4.73. The number of nitrogens with one attached hydrogen (secondary N) is 1. The highest BCUT2D eigenvalue weighted by molar-refractivity contribution is 7.98. The second-order valence-corrected chi connectivity index (χ2v) is 6.65. The molecule has 102 valence electrons. The molecule has 2 rings (SSSR count). The predicted octanol–water partition coefficient (Wildman–Crippen LogP) is 2.97. The minimum absolute atomic E-state index is 0.593. The zero-order valence-electron chi connectivity index (χ0n) is 11.5. The highest BCUT2D eigenvalue weighted by Gasteiger charge is 2.21. The van der Waals surface area contributed by atoms with Crippen LogP contribution in [-0.2, 0) is 6.54 Å². The van der Waals surface area contributed by atoms with Crippen molar-refractivity contribution >= 4 is 28.2 Å². The van der Waals surface area contributed by atoms with Crippen molar-refractivity contribution in [3.63, 3.8) is 0 Å². The SMILES string of the molecule is CCC(CSC)N(C)c1nc(CNC2CC2)cs1.